The Bertz CT molecular complexity index is 1220. The number of fused-ring (bicyclic) bond motifs is 3. The van der Waals surface area contributed by atoms with Gasteiger partial charge in [0.1, 0.15) is 11.3 Å². The molecular formula is C23H21N5O. The molecule has 1 aromatic carbocycles. The van der Waals surface area contributed by atoms with E-state index in [0.29, 0.717) is 18.0 Å². The van der Waals surface area contributed by atoms with Gasteiger partial charge in [0.15, 0.2) is 0 Å². The molecule has 144 valence electrons. The molecule has 1 aliphatic heterocycles. The van der Waals surface area contributed by atoms with E-state index in [4.69, 9.17) is 9.72 Å². The van der Waals surface area contributed by atoms with Crippen molar-refractivity contribution < 1.29 is 4.74 Å². The first-order valence-electron chi connectivity index (χ1n) is 9.94. The van der Waals surface area contributed by atoms with Crippen molar-refractivity contribution in [3.05, 3.63) is 65.9 Å². The fourth-order valence-electron chi connectivity index (χ4n) is 4.29. The molecule has 0 N–H and O–H groups in total. The largest absolute Gasteiger partial charge is 0.378 e. The van der Waals surface area contributed by atoms with E-state index in [0.717, 1.165) is 52.9 Å². The monoisotopic (exact) mass is 383 g/mol. The summed E-state index contributed by atoms with van der Waals surface area (Å²) in [6, 6.07) is 14.1. The summed E-state index contributed by atoms with van der Waals surface area (Å²) < 4.78 is 8.15. The summed E-state index contributed by atoms with van der Waals surface area (Å²) in [7, 11) is 0. The second-order valence-electron chi connectivity index (χ2n) is 7.59. The molecule has 0 radical (unpaired) electrons. The number of nitrogens with zero attached hydrogens (tertiary/aromatic N) is 5. The van der Waals surface area contributed by atoms with E-state index in [9.17, 15) is 5.26 Å². The Morgan fingerprint density at radius 1 is 1.21 bits per heavy atom. The zero-order valence-electron chi connectivity index (χ0n) is 16.2. The number of pyridine rings is 2. The van der Waals surface area contributed by atoms with Gasteiger partial charge in [-0.15, -0.1) is 0 Å². The Balaban J connectivity index is 1.76. The number of nitriles is 1. The minimum Gasteiger partial charge on any atom is -0.378 e. The maximum atomic E-state index is 9.40. The molecule has 1 saturated heterocycles. The third-order valence-corrected chi connectivity index (χ3v) is 5.61. The van der Waals surface area contributed by atoms with Crippen LogP contribution in [0.1, 0.15) is 42.9 Å². The van der Waals surface area contributed by atoms with Crippen LogP contribution in [0.5, 0.6) is 0 Å². The molecule has 0 spiro atoms. The number of ether oxygens (including phenoxy) is 1. The average Bonchev–Trinajstić information content (AvgIpc) is 3.12. The lowest BCUT2D eigenvalue weighted by Gasteiger charge is -2.30. The van der Waals surface area contributed by atoms with Gasteiger partial charge < -0.3 is 9.30 Å². The van der Waals surface area contributed by atoms with Crippen molar-refractivity contribution in [1.82, 2.24) is 19.5 Å². The molecule has 6 nitrogen and oxygen atoms in total. The molecule has 1 aliphatic rings. The molecule has 0 unspecified atom stereocenters. The molecule has 0 amide bonds. The Morgan fingerprint density at radius 3 is 2.93 bits per heavy atom. The van der Waals surface area contributed by atoms with Gasteiger partial charge in [-0.1, -0.05) is 6.07 Å². The zero-order chi connectivity index (χ0) is 19.8. The van der Waals surface area contributed by atoms with Crippen LogP contribution in [0.15, 0.2) is 48.8 Å². The molecule has 0 saturated carbocycles. The average molecular weight is 383 g/mol. The van der Waals surface area contributed by atoms with Gasteiger partial charge in [0, 0.05) is 36.3 Å². The van der Waals surface area contributed by atoms with Crippen molar-refractivity contribution in [2.45, 2.75) is 38.3 Å². The van der Waals surface area contributed by atoms with E-state index in [1.165, 1.54) is 0 Å². The van der Waals surface area contributed by atoms with Crippen LogP contribution >= 0.6 is 0 Å². The SMILES string of the molecule is C[C@@H]1C[C@H](n2c(Cc3ccccn3)nc3cnc4ccc(C#N)cc4c32)CCO1. The Labute approximate surface area is 168 Å². The highest BCUT2D eigenvalue weighted by molar-refractivity contribution is 6.02. The minimum atomic E-state index is 0.205. The summed E-state index contributed by atoms with van der Waals surface area (Å²) in [4.78, 5) is 14.0. The van der Waals surface area contributed by atoms with E-state index >= 15 is 0 Å². The van der Waals surface area contributed by atoms with Crippen LogP contribution < -0.4 is 0 Å². The summed E-state index contributed by atoms with van der Waals surface area (Å²) in [6.07, 6.45) is 6.38. The van der Waals surface area contributed by atoms with Gasteiger partial charge >= 0.3 is 0 Å². The summed E-state index contributed by atoms with van der Waals surface area (Å²) >= 11 is 0. The minimum absolute atomic E-state index is 0.205. The Hall–Kier alpha value is -3.30. The van der Waals surface area contributed by atoms with Crippen molar-refractivity contribution in [2.75, 3.05) is 6.61 Å². The normalized spacial score (nSPS) is 19.4. The number of rotatable bonds is 3. The summed E-state index contributed by atoms with van der Waals surface area (Å²) in [6.45, 7) is 2.86. The molecule has 4 heterocycles. The fraction of sp³-hybridized carbons (Fsp3) is 0.304. The summed E-state index contributed by atoms with van der Waals surface area (Å²) in [5.41, 5.74) is 4.40. The van der Waals surface area contributed by atoms with E-state index in [-0.39, 0.29) is 6.10 Å². The molecule has 29 heavy (non-hydrogen) atoms. The lowest BCUT2D eigenvalue weighted by molar-refractivity contribution is 0.00631. The molecular weight excluding hydrogens is 362 g/mol. The lowest BCUT2D eigenvalue weighted by atomic mass is 10.0. The third kappa shape index (κ3) is 3.24. The molecule has 4 aromatic rings. The van der Waals surface area contributed by atoms with Crippen molar-refractivity contribution in [2.24, 2.45) is 0 Å². The van der Waals surface area contributed by atoms with Gasteiger partial charge in [0.25, 0.3) is 0 Å². The van der Waals surface area contributed by atoms with Gasteiger partial charge in [-0.05, 0) is 50.1 Å². The maximum Gasteiger partial charge on any atom is 0.116 e. The van der Waals surface area contributed by atoms with E-state index < -0.39 is 0 Å². The van der Waals surface area contributed by atoms with Crippen LogP contribution in [0, 0.1) is 11.3 Å². The zero-order valence-corrected chi connectivity index (χ0v) is 16.2. The predicted molar refractivity (Wildman–Crippen MR) is 110 cm³/mol. The van der Waals surface area contributed by atoms with Crippen molar-refractivity contribution >= 4 is 21.9 Å². The van der Waals surface area contributed by atoms with Crippen LogP contribution in [0.2, 0.25) is 0 Å². The first-order chi connectivity index (χ1) is 14.2. The predicted octanol–water partition coefficient (Wildman–Crippen LogP) is 4.18. The number of aromatic nitrogens is 4. The van der Waals surface area contributed by atoms with Gasteiger partial charge in [0.05, 0.1) is 35.0 Å². The topological polar surface area (TPSA) is 76.6 Å². The first kappa shape index (κ1) is 17.8. The maximum absolute atomic E-state index is 9.40. The van der Waals surface area contributed by atoms with Gasteiger partial charge in [-0.2, -0.15) is 5.26 Å². The van der Waals surface area contributed by atoms with E-state index in [2.05, 4.69) is 27.5 Å². The smallest absolute Gasteiger partial charge is 0.116 e. The highest BCUT2D eigenvalue weighted by atomic mass is 16.5. The Morgan fingerprint density at radius 2 is 2.14 bits per heavy atom. The first-order valence-corrected chi connectivity index (χ1v) is 9.94. The van der Waals surface area contributed by atoms with Crippen LogP contribution in [-0.2, 0) is 11.2 Å². The van der Waals surface area contributed by atoms with Gasteiger partial charge in [0.2, 0.25) is 0 Å². The molecule has 0 bridgehead atoms. The number of hydrogen-bond acceptors (Lipinski definition) is 5. The Kier molecular flexibility index (Phi) is 4.45. The van der Waals surface area contributed by atoms with Crippen molar-refractivity contribution in [3.8, 4) is 6.07 Å². The van der Waals surface area contributed by atoms with Gasteiger partial charge in [-0.25, -0.2) is 4.98 Å². The van der Waals surface area contributed by atoms with E-state index in [1.54, 1.807) is 0 Å². The fourth-order valence-corrected chi connectivity index (χ4v) is 4.29. The third-order valence-electron chi connectivity index (χ3n) is 5.61. The molecule has 3 aromatic heterocycles. The van der Waals surface area contributed by atoms with Crippen LogP contribution in [0.25, 0.3) is 21.9 Å². The van der Waals surface area contributed by atoms with Crippen LogP contribution in [0.3, 0.4) is 0 Å². The summed E-state index contributed by atoms with van der Waals surface area (Å²) in [5, 5.41) is 10.4. The van der Waals surface area contributed by atoms with Crippen LogP contribution in [0.4, 0.5) is 0 Å². The summed E-state index contributed by atoms with van der Waals surface area (Å²) in [5.74, 6) is 0.981. The highest BCUT2D eigenvalue weighted by Crippen LogP contribution is 2.34. The molecule has 5 rings (SSSR count). The second kappa shape index (κ2) is 7.26. The number of hydrogen-bond donors (Lipinski definition) is 0. The van der Waals surface area contributed by atoms with E-state index in [1.807, 2.05) is 48.8 Å². The van der Waals surface area contributed by atoms with Crippen molar-refractivity contribution in [1.29, 1.82) is 5.26 Å². The standard InChI is InChI=1S/C23H21N5O/c1-15-10-18(7-9-29-15)28-22(12-17-4-2-3-8-25-17)27-21-14-26-20-6-5-16(13-24)11-19(20)23(21)28/h2-6,8,11,14-15,18H,7,9-10,12H2,1H3/t15-,18-/m1/s1. The molecule has 6 heteroatoms. The van der Waals surface area contributed by atoms with Gasteiger partial charge in [-0.3, -0.25) is 9.97 Å². The molecule has 0 aliphatic carbocycles. The quantitative estimate of drug-likeness (QED) is 0.530. The number of imidazole rings is 1. The van der Waals surface area contributed by atoms with Crippen molar-refractivity contribution in [3.63, 3.8) is 0 Å². The molecule has 2 atom stereocenters. The second-order valence-corrected chi connectivity index (χ2v) is 7.59. The number of benzene rings is 1. The molecule has 1 fully saturated rings. The lowest BCUT2D eigenvalue weighted by Crippen LogP contribution is -2.26. The highest BCUT2D eigenvalue weighted by Gasteiger charge is 2.26. The van der Waals surface area contributed by atoms with Crippen LogP contribution in [-0.4, -0.2) is 32.2 Å².